The molecular weight excluding hydrogens is 376 g/mol. The predicted octanol–water partition coefficient (Wildman–Crippen LogP) is 4.39. The summed E-state index contributed by atoms with van der Waals surface area (Å²) in [4.78, 5) is 15.2. The third kappa shape index (κ3) is 3.50. The van der Waals surface area contributed by atoms with Crippen LogP contribution in [0.5, 0.6) is 0 Å². The second-order valence-electron chi connectivity index (χ2n) is 6.27. The van der Waals surface area contributed by atoms with E-state index in [2.05, 4.69) is 26.1 Å². The molecule has 0 saturated heterocycles. The number of nitriles is 1. The molecule has 0 fully saturated rings. The highest BCUT2D eigenvalue weighted by Gasteiger charge is 2.18. The number of nitro groups is 1. The van der Waals surface area contributed by atoms with Crippen molar-refractivity contribution in [1.82, 2.24) is 9.55 Å². The highest BCUT2D eigenvalue weighted by molar-refractivity contribution is 7.14. The second kappa shape index (κ2) is 7.62. The minimum Gasteiger partial charge on any atom is -0.308 e. The number of pyridine rings is 1. The van der Waals surface area contributed by atoms with E-state index in [1.165, 1.54) is 18.3 Å². The molecule has 0 atom stereocenters. The van der Waals surface area contributed by atoms with Crippen LogP contribution in [0.4, 0.5) is 11.5 Å². The maximum absolute atomic E-state index is 10.7. The van der Waals surface area contributed by atoms with Crippen LogP contribution in [-0.4, -0.2) is 20.7 Å². The fourth-order valence-corrected chi connectivity index (χ4v) is 4.08. The molecule has 0 aliphatic carbocycles. The Hall–Kier alpha value is -3.51. The minimum atomic E-state index is -0.502. The zero-order valence-electron chi connectivity index (χ0n) is 15.8. The molecule has 0 amide bonds. The Labute approximate surface area is 165 Å². The summed E-state index contributed by atoms with van der Waals surface area (Å²) in [6.45, 7) is 7.94. The summed E-state index contributed by atoms with van der Waals surface area (Å²) in [7, 11) is 0. The van der Waals surface area contributed by atoms with Gasteiger partial charge in [0.2, 0.25) is 0 Å². The number of nitrogens with one attached hydrogen (secondary N) is 1. The van der Waals surface area contributed by atoms with E-state index in [-0.39, 0.29) is 5.69 Å². The van der Waals surface area contributed by atoms with Gasteiger partial charge in [0, 0.05) is 27.9 Å². The summed E-state index contributed by atoms with van der Waals surface area (Å²) in [5, 5.41) is 25.3. The maximum atomic E-state index is 10.7. The van der Waals surface area contributed by atoms with Crippen molar-refractivity contribution >= 4 is 29.1 Å². The first-order valence-corrected chi connectivity index (χ1v) is 9.24. The topological polar surface area (TPSA) is 109 Å². The van der Waals surface area contributed by atoms with Crippen LogP contribution in [0.2, 0.25) is 0 Å². The van der Waals surface area contributed by atoms with E-state index >= 15 is 0 Å². The molecule has 9 heteroatoms. The third-order valence-corrected chi connectivity index (χ3v) is 5.69. The first-order chi connectivity index (χ1) is 13.3. The maximum Gasteiger partial charge on any atom is 0.287 e. The van der Waals surface area contributed by atoms with E-state index < -0.39 is 4.92 Å². The van der Waals surface area contributed by atoms with Gasteiger partial charge in [0.25, 0.3) is 5.69 Å². The first kappa shape index (κ1) is 19.3. The Morgan fingerprint density at radius 1 is 1.36 bits per heavy atom. The average Bonchev–Trinajstić information content (AvgIpc) is 3.10. The molecule has 28 heavy (non-hydrogen) atoms. The highest BCUT2D eigenvalue weighted by Crippen LogP contribution is 2.33. The summed E-state index contributed by atoms with van der Waals surface area (Å²) < 4.78 is 2.06. The molecule has 0 saturated carbocycles. The van der Waals surface area contributed by atoms with Gasteiger partial charge >= 0.3 is 0 Å². The summed E-state index contributed by atoms with van der Waals surface area (Å²) in [6, 6.07) is 7.16. The molecule has 0 radical (unpaired) electrons. The second-order valence-corrected chi connectivity index (χ2v) is 7.47. The van der Waals surface area contributed by atoms with E-state index in [0.29, 0.717) is 11.4 Å². The first-order valence-electron chi connectivity index (χ1n) is 8.42. The molecule has 0 aliphatic rings. The number of aryl methyl sites for hydroxylation is 2. The number of anilines is 1. The van der Waals surface area contributed by atoms with Gasteiger partial charge in [-0.2, -0.15) is 10.4 Å². The van der Waals surface area contributed by atoms with Gasteiger partial charge in [-0.1, -0.05) is 0 Å². The van der Waals surface area contributed by atoms with Crippen molar-refractivity contribution in [1.29, 1.82) is 5.26 Å². The van der Waals surface area contributed by atoms with E-state index in [1.807, 2.05) is 33.8 Å². The van der Waals surface area contributed by atoms with Gasteiger partial charge < -0.3 is 4.57 Å². The van der Waals surface area contributed by atoms with Crippen molar-refractivity contribution in [3.05, 3.63) is 67.5 Å². The lowest BCUT2D eigenvalue weighted by molar-refractivity contribution is -0.385. The van der Waals surface area contributed by atoms with Crippen LogP contribution >= 0.6 is 11.3 Å². The summed E-state index contributed by atoms with van der Waals surface area (Å²) in [5.74, 6) is 0.409. The van der Waals surface area contributed by atoms with Crippen LogP contribution in [0.15, 0.2) is 29.5 Å². The molecule has 0 aliphatic heterocycles. The van der Waals surface area contributed by atoms with Crippen LogP contribution in [-0.2, 0) is 0 Å². The molecule has 0 bridgehead atoms. The minimum absolute atomic E-state index is 0.0760. The zero-order chi connectivity index (χ0) is 20.4. The van der Waals surface area contributed by atoms with Crippen LogP contribution in [0.3, 0.4) is 0 Å². The zero-order valence-corrected chi connectivity index (χ0v) is 16.7. The number of nitrogens with zero attached hydrogens (tertiary/aromatic N) is 5. The van der Waals surface area contributed by atoms with Crippen LogP contribution in [0, 0.1) is 49.1 Å². The standard InChI is InChI=1S/C19H18N6O2S/c1-11-7-15(9-22-23-18-6-5-16(10-21-18)25(26)27)13(3)24(11)19-17(8-20)12(2)14(4)28-19/h5-7,9-10H,1-4H3,(H,21,23)/b22-9-. The molecule has 3 aromatic rings. The largest absolute Gasteiger partial charge is 0.308 e. The molecule has 3 heterocycles. The Morgan fingerprint density at radius 2 is 2.11 bits per heavy atom. The lowest BCUT2D eigenvalue weighted by Gasteiger charge is -2.07. The Kier molecular flexibility index (Phi) is 5.24. The average molecular weight is 394 g/mol. The van der Waals surface area contributed by atoms with E-state index in [9.17, 15) is 15.4 Å². The van der Waals surface area contributed by atoms with Crippen LogP contribution < -0.4 is 5.43 Å². The molecule has 142 valence electrons. The van der Waals surface area contributed by atoms with Gasteiger partial charge in [-0.05, 0) is 45.4 Å². The van der Waals surface area contributed by atoms with Crippen molar-refractivity contribution in [3.8, 4) is 11.1 Å². The number of thiophene rings is 1. The van der Waals surface area contributed by atoms with Gasteiger partial charge in [0.15, 0.2) is 0 Å². The van der Waals surface area contributed by atoms with Crippen molar-refractivity contribution < 1.29 is 4.92 Å². The predicted molar refractivity (Wildman–Crippen MR) is 109 cm³/mol. The van der Waals surface area contributed by atoms with Crippen molar-refractivity contribution in [2.75, 3.05) is 5.43 Å². The van der Waals surface area contributed by atoms with E-state index in [0.717, 1.165) is 32.4 Å². The Morgan fingerprint density at radius 3 is 2.71 bits per heavy atom. The monoisotopic (exact) mass is 394 g/mol. The quantitative estimate of drug-likeness (QED) is 0.392. The summed E-state index contributed by atoms with van der Waals surface area (Å²) >= 11 is 1.60. The molecule has 8 nitrogen and oxygen atoms in total. The lowest BCUT2D eigenvalue weighted by Crippen LogP contribution is -2.00. The van der Waals surface area contributed by atoms with E-state index in [4.69, 9.17) is 0 Å². The number of hydrazone groups is 1. The Balaban J connectivity index is 1.86. The van der Waals surface area contributed by atoms with Gasteiger partial charge in [0.05, 0.1) is 16.7 Å². The molecular formula is C19H18N6O2S. The van der Waals surface area contributed by atoms with Crippen molar-refractivity contribution in [2.45, 2.75) is 27.7 Å². The van der Waals surface area contributed by atoms with Gasteiger partial charge in [-0.3, -0.25) is 15.5 Å². The highest BCUT2D eigenvalue weighted by atomic mass is 32.1. The summed E-state index contributed by atoms with van der Waals surface area (Å²) in [6.07, 6.45) is 2.84. The SMILES string of the molecule is Cc1sc(-n2c(C)cc(/C=N\Nc3ccc([N+](=O)[O-])cn3)c2C)c(C#N)c1C. The normalized spacial score (nSPS) is 11.0. The number of aromatic nitrogens is 2. The lowest BCUT2D eigenvalue weighted by atomic mass is 10.2. The van der Waals surface area contributed by atoms with Crippen LogP contribution in [0.1, 0.15) is 33.0 Å². The molecule has 1 N–H and O–H groups in total. The smallest absolute Gasteiger partial charge is 0.287 e. The van der Waals surface area contributed by atoms with Crippen LogP contribution in [0.25, 0.3) is 5.00 Å². The van der Waals surface area contributed by atoms with Gasteiger partial charge in [-0.15, -0.1) is 11.3 Å². The van der Waals surface area contributed by atoms with Crippen molar-refractivity contribution in [2.24, 2.45) is 5.10 Å². The number of hydrogen-bond acceptors (Lipinski definition) is 7. The van der Waals surface area contributed by atoms with Gasteiger partial charge in [-0.25, -0.2) is 4.98 Å². The Bertz CT molecular complexity index is 1120. The molecule has 3 aromatic heterocycles. The molecule has 0 unspecified atom stereocenters. The fourth-order valence-electron chi connectivity index (χ4n) is 2.86. The van der Waals surface area contributed by atoms with Crippen molar-refractivity contribution in [3.63, 3.8) is 0 Å². The summed E-state index contributed by atoms with van der Waals surface area (Å²) in [5.41, 5.74) is 7.27. The van der Waals surface area contributed by atoms with Gasteiger partial charge in [0.1, 0.15) is 23.1 Å². The van der Waals surface area contributed by atoms with E-state index in [1.54, 1.807) is 17.6 Å². The third-order valence-electron chi connectivity index (χ3n) is 4.49. The molecule has 0 aromatic carbocycles. The number of rotatable bonds is 5. The molecule has 0 spiro atoms. The number of hydrogen-bond donors (Lipinski definition) is 1. The molecule has 3 rings (SSSR count). The fraction of sp³-hybridized carbons (Fsp3) is 0.211.